The summed E-state index contributed by atoms with van der Waals surface area (Å²) in [7, 11) is 2.84. The Hall–Kier alpha value is -3.22. The summed E-state index contributed by atoms with van der Waals surface area (Å²) in [5.41, 5.74) is 2.53. The minimum Gasteiger partial charge on any atom is -0.493 e. The molecule has 0 fully saturated rings. The second-order valence-corrected chi connectivity index (χ2v) is 6.16. The minimum atomic E-state index is -0.899. The van der Waals surface area contributed by atoms with Crippen molar-refractivity contribution in [2.75, 3.05) is 27.3 Å². The summed E-state index contributed by atoms with van der Waals surface area (Å²) in [5.74, 6) is 1.03. The Morgan fingerprint density at radius 1 is 0.963 bits per heavy atom. The van der Waals surface area contributed by atoms with Crippen LogP contribution in [0.4, 0.5) is 4.79 Å². The molecule has 0 atom stereocenters. The van der Waals surface area contributed by atoms with Gasteiger partial charge in [0.1, 0.15) is 5.75 Å². The van der Waals surface area contributed by atoms with Crippen LogP contribution in [0.3, 0.4) is 0 Å². The maximum Gasteiger partial charge on any atom is 0.407 e. The van der Waals surface area contributed by atoms with Crippen molar-refractivity contribution in [3.63, 3.8) is 0 Å². The summed E-state index contributed by atoms with van der Waals surface area (Å²) in [6.45, 7) is 0.935. The Kier molecular flexibility index (Phi) is 5.49. The molecule has 1 aliphatic heterocycles. The largest absolute Gasteiger partial charge is 0.493 e. The van der Waals surface area contributed by atoms with Gasteiger partial charge in [-0.1, -0.05) is 6.07 Å². The number of benzene rings is 2. The Morgan fingerprint density at radius 2 is 1.70 bits per heavy atom. The third-order valence-corrected chi connectivity index (χ3v) is 4.56. The van der Waals surface area contributed by atoms with Gasteiger partial charge in [0, 0.05) is 13.1 Å². The smallest absolute Gasteiger partial charge is 0.407 e. The predicted molar refractivity (Wildman–Crippen MR) is 97.9 cm³/mol. The Balaban J connectivity index is 1.85. The lowest BCUT2D eigenvalue weighted by Gasteiger charge is -2.15. The maximum atomic E-state index is 11.8. The summed E-state index contributed by atoms with van der Waals surface area (Å²) in [5, 5.41) is 9.19. The van der Waals surface area contributed by atoms with Crippen LogP contribution in [0.25, 0.3) is 0 Å². The van der Waals surface area contributed by atoms with E-state index < -0.39 is 12.1 Å². The topological polar surface area (TPSA) is 85.3 Å². The summed E-state index contributed by atoms with van der Waals surface area (Å²) in [4.78, 5) is 24.4. The summed E-state index contributed by atoms with van der Waals surface area (Å²) in [6, 6.07) is 10.5. The lowest BCUT2D eigenvalue weighted by molar-refractivity contribution is 0.0600. The van der Waals surface area contributed by atoms with Gasteiger partial charge in [0.2, 0.25) is 0 Å². The molecule has 27 heavy (non-hydrogen) atoms. The van der Waals surface area contributed by atoms with Crippen LogP contribution in [0.15, 0.2) is 36.4 Å². The Bertz CT molecular complexity index is 864. The van der Waals surface area contributed by atoms with Gasteiger partial charge in [-0.05, 0) is 54.3 Å². The summed E-state index contributed by atoms with van der Waals surface area (Å²) < 4.78 is 16.0. The van der Waals surface area contributed by atoms with Crippen molar-refractivity contribution in [3.05, 3.63) is 53.1 Å². The van der Waals surface area contributed by atoms with Gasteiger partial charge in [-0.15, -0.1) is 0 Å². The molecule has 0 bridgehead atoms. The highest BCUT2D eigenvalue weighted by Gasteiger charge is 2.18. The van der Waals surface area contributed by atoms with E-state index >= 15 is 0 Å². The highest BCUT2D eigenvalue weighted by Crippen LogP contribution is 2.34. The first kappa shape index (κ1) is 18.6. The molecule has 142 valence electrons. The molecule has 2 aromatic carbocycles. The molecule has 0 radical (unpaired) electrons. The molecule has 0 saturated heterocycles. The summed E-state index contributed by atoms with van der Waals surface area (Å²) >= 11 is 0. The van der Waals surface area contributed by atoms with Crippen molar-refractivity contribution < 1.29 is 28.9 Å². The first-order valence-electron chi connectivity index (χ1n) is 8.55. The number of fused-ring (bicyclic) bond motifs is 1. The van der Waals surface area contributed by atoms with Crippen LogP contribution >= 0.6 is 0 Å². The van der Waals surface area contributed by atoms with Gasteiger partial charge < -0.3 is 24.2 Å². The van der Waals surface area contributed by atoms with Gasteiger partial charge >= 0.3 is 12.1 Å². The molecule has 0 spiro atoms. The molecular weight excluding hydrogens is 350 g/mol. The number of ether oxygens (including phenoxy) is 3. The van der Waals surface area contributed by atoms with Crippen molar-refractivity contribution in [2.45, 2.75) is 12.8 Å². The quantitative estimate of drug-likeness (QED) is 0.830. The van der Waals surface area contributed by atoms with Crippen LogP contribution in [0.5, 0.6) is 17.2 Å². The predicted octanol–water partition coefficient (Wildman–Crippen LogP) is 3.35. The van der Waals surface area contributed by atoms with Gasteiger partial charge in [0.05, 0.1) is 19.8 Å². The highest BCUT2D eigenvalue weighted by atomic mass is 16.5. The number of rotatable bonds is 4. The lowest BCUT2D eigenvalue weighted by atomic mass is 10.0. The van der Waals surface area contributed by atoms with Gasteiger partial charge in [0.25, 0.3) is 0 Å². The van der Waals surface area contributed by atoms with E-state index in [4.69, 9.17) is 14.2 Å². The molecule has 2 aromatic rings. The van der Waals surface area contributed by atoms with E-state index in [1.807, 2.05) is 18.2 Å². The zero-order valence-corrected chi connectivity index (χ0v) is 15.2. The molecular formula is C20H21NO6. The first-order valence-corrected chi connectivity index (χ1v) is 8.55. The van der Waals surface area contributed by atoms with Crippen molar-refractivity contribution >= 4 is 12.1 Å². The standard InChI is InChI=1S/C20H21NO6/c1-25-17-6-4-15(19(22)26-2)12-18(17)27-16-5-3-13-7-9-21(20(23)24)10-8-14(13)11-16/h3-6,11-12H,7-10H2,1-2H3,(H,23,24). The number of hydrogen-bond acceptors (Lipinski definition) is 5. The number of carbonyl (C=O) groups is 2. The van der Waals surface area contributed by atoms with Gasteiger partial charge in [-0.25, -0.2) is 9.59 Å². The lowest BCUT2D eigenvalue weighted by Crippen LogP contribution is -2.31. The zero-order valence-electron chi connectivity index (χ0n) is 15.2. The monoisotopic (exact) mass is 371 g/mol. The number of amides is 1. The fourth-order valence-electron chi connectivity index (χ4n) is 3.08. The van der Waals surface area contributed by atoms with E-state index in [2.05, 4.69) is 0 Å². The maximum absolute atomic E-state index is 11.8. The fraction of sp³-hybridized carbons (Fsp3) is 0.300. The number of carboxylic acid groups (broad SMARTS) is 1. The third-order valence-electron chi connectivity index (χ3n) is 4.56. The minimum absolute atomic E-state index is 0.361. The molecule has 1 N–H and O–H groups in total. The van der Waals surface area contributed by atoms with Crippen LogP contribution in [-0.2, 0) is 17.6 Å². The van der Waals surface area contributed by atoms with Crippen molar-refractivity contribution in [3.8, 4) is 17.2 Å². The third kappa shape index (κ3) is 4.13. The molecule has 0 saturated carbocycles. The number of methoxy groups -OCH3 is 2. The molecule has 3 rings (SSSR count). The zero-order chi connectivity index (χ0) is 19.4. The van der Waals surface area contributed by atoms with Crippen LogP contribution < -0.4 is 9.47 Å². The molecule has 0 aromatic heterocycles. The first-order chi connectivity index (χ1) is 13.0. The number of carbonyl (C=O) groups excluding carboxylic acids is 1. The van der Waals surface area contributed by atoms with Crippen LogP contribution in [0, 0.1) is 0 Å². The van der Waals surface area contributed by atoms with Crippen molar-refractivity contribution in [1.29, 1.82) is 0 Å². The van der Waals surface area contributed by atoms with Gasteiger partial charge in [0.15, 0.2) is 11.5 Å². The van der Waals surface area contributed by atoms with E-state index in [1.165, 1.54) is 19.1 Å². The number of hydrogen-bond donors (Lipinski definition) is 1. The van der Waals surface area contributed by atoms with Gasteiger partial charge in [-0.2, -0.15) is 0 Å². The molecule has 1 heterocycles. The second kappa shape index (κ2) is 7.99. The number of esters is 1. The molecule has 1 amide bonds. The average molecular weight is 371 g/mol. The van der Waals surface area contributed by atoms with E-state index in [0.717, 1.165) is 11.1 Å². The van der Waals surface area contributed by atoms with Crippen molar-refractivity contribution in [2.24, 2.45) is 0 Å². The second-order valence-electron chi connectivity index (χ2n) is 6.16. The molecule has 0 unspecified atom stereocenters. The normalized spacial score (nSPS) is 13.3. The van der Waals surface area contributed by atoms with Gasteiger partial charge in [-0.3, -0.25) is 0 Å². The molecule has 7 nitrogen and oxygen atoms in total. The van der Waals surface area contributed by atoms with Crippen LogP contribution in [0.1, 0.15) is 21.5 Å². The Labute approximate surface area is 157 Å². The number of nitrogens with zero attached hydrogens (tertiary/aromatic N) is 1. The van der Waals surface area contributed by atoms with E-state index in [9.17, 15) is 14.7 Å². The van der Waals surface area contributed by atoms with Crippen LogP contribution in [-0.4, -0.2) is 49.4 Å². The van der Waals surface area contributed by atoms with E-state index in [-0.39, 0.29) is 0 Å². The average Bonchev–Trinajstić information content (AvgIpc) is 2.89. The molecule has 7 heteroatoms. The molecule has 0 aliphatic carbocycles. The fourth-order valence-corrected chi connectivity index (χ4v) is 3.08. The Morgan fingerprint density at radius 3 is 2.37 bits per heavy atom. The highest BCUT2D eigenvalue weighted by molar-refractivity contribution is 5.90. The van der Waals surface area contributed by atoms with E-state index in [1.54, 1.807) is 18.2 Å². The summed E-state index contributed by atoms with van der Waals surface area (Å²) in [6.07, 6.45) is 0.393. The van der Waals surface area contributed by atoms with Crippen molar-refractivity contribution in [1.82, 2.24) is 4.90 Å². The SMILES string of the molecule is COC(=O)c1ccc(OC)c(Oc2ccc3c(c2)CCN(C(=O)O)CC3)c1. The van der Waals surface area contributed by atoms with Crippen LogP contribution in [0.2, 0.25) is 0 Å². The van der Waals surface area contributed by atoms with E-state index in [0.29, 0.717) is 48.7 Å². The molecule has 1 aliphatic rings.